The van der Waals surface area contributed by atoms with Crippen LogP contribution in [-0.4, -0.2) is 9.97 Å². The van der Waals surface area contributed by atoms with E-state index < -0.39 is 0 Å². The maximum Gasteiger partial charge on any atom is 0.181 e. The minimum absolute atomic E-state index is 0.627. The first-order valence-corrected chi connectivity index (χ1v) is 13.7. The number of aryl methyl sites for hydroxylation is 3. The van der Waals surface area contributed by atoms with Crippen molar-refractivity contribution >= 4 is 107 Å². The molecule has 0 atom stereocenters. The number of thiazole rings is 2. The number of hydrogen-bond acceptors (Lipinski definition) is 7. The van der Waals surface area contributed by atoms with E-state index in [1.54, 1.807) is 0 Å². The first kappa shape index (κ1) is 25.9. The van der Waals surface area contributed by atoms with E-state index in [2.05, 4.69) is 70.7 Å². The minimum Gasteiger partial charge on any atom is -0.399 e. The lowest BCUT2D eigenvalue weighted by atomic mass is 10.2. The highest BCUT2D eigenvalue weighted by Gasteiger charge is 2.05. The predicted molar refractivity (Wildman–Crippen MR) is 156 cm³/mol. The van der Waals surface area contributed by atoms with Gasteiger partial charge in [0.1, 0.15) is 0 Å². The van der Waals surface area contributed by atoms with Gasteiger partial charge in [-0.05, 0) is 79.9 Å². The molecule has 0 aliphatic heterocycles. The Morgan fingerprint density at radius 1 is 0.667 bits per heavy atom. The van der Waals surface area contributed by atoms with Crippen molar-refractivity contribution < 1.29 is 0 Å². The van der Waals surface area contributed by atoms with E-state index in [1.165, 1.54) is 44.1 Å². The monoisotopic (exact) mass is 669 g/mol. The summed E-state index contributed by atoms with van der Waals surface area (Å²) in [6.45, 7) is 6.11. The van der Waals surface area contributed by atoms with Crippen LogP contribution in [0.4, 0.5) is 16.0 Å². The van der Waals surface area contributed by atoms with Crippen LogP contribution < -0.4 is 17.2 Å². The molecular formula is C23H22Br3N5S2. The van der Waals surface area contributed by atoms with Crippen molar-refractivity contribution in [2.75, 3.05) is 17.2 Å². The molecule has 0 saturated heterocycles. The van der Waals surface area contributed by atoms with E-state index >= 15 is 0 Å². The summed E-state index contributed by atoms with van der Waals surface area (Å²) < 4.78 is 5.63. The van der Waals surface area contributed by atoms with Crippen molar-refractivity contribution in [3.63, 3.8) is 0 Å². The number of nitrogens with two attached hydrogens (primary N) is 3. The Balaban J connectivity index is 0.000000141. The predicted octanol–water partition coefficient (Wildman–Crippen LogP) is 8.24. The Hall–Kier alpha value is -1.72. The fourth-order valence-corrected chi connectivity index (χ4v) is 5.65. The number of halogens is 3. The van der Waals surface area contributed by atoms with Gasteiger partial charge in [-0.2, -0.15) is 0 Å². The van der Waals surface area contributed by atoms with E-state index in [0.29, 0.717) is 10.3 Å². The lowest BCUT2D eigenvalue weighted by molar-refractivity contribution is 1.43. The molecule has 0 spiro atoms. The molecule has 172 valence electrons. The van der Waals surface area contributed by atoms with Gasteiger partial charge >= 0.3 is 0 Å². The molecule has 0 unspecified atom stereocenters. The summed E-state index contributed by atoms with van der Waals surface area (Å²) in [5.41, 5.74) is 23.0. The van der Waals surface area contributed by atoms with Crippen molar-refractivity contribution in [3.8, 4) is 0 Å². The first-order chi connectivity index (χ1) is 15.5. The molecule has 5 nitrogen and oxygen atoms in total. The fourth-order valence-electron chi connectivity index (χ4n) is 2.86. The van der Waals surface area contributed by atoms with Crippen LogP contribution in [0.5, 0.6) is 0 Å². The Kier molecular flexibility index (Phi) is 8.74. The first-order valence-electron chi connectivity index (χ1n) is 9.70. The van der Waals surface area contributed by atoms with Gasteiger partial charge in [-0.15, -0.1) is 0 Å². The Bertz CT molecular complexity index is 1390. The highest BCUT2D eigenvalue weighted by Crippen LogP contribution is 2.31. The Labute approximate surface area is 225 Å². The van der Waals surface area contributed by atoms with Gasteiger partial charge in [-0.3, -0.25) is 0 Å². The molecule has 0 fully saturated rings. The Morgan fingerprint density at radius 2 is 1.27 bits per heavy atom. The lowest BCUT2D eigenvalue weighted by Gasteiger charge is -1.96. The van der Waals surface area contributed by atoms with Gasteiger partial charge in [-0.1, -0.05) is 70.5 Å². The molecular weight excluding hydrogens is 650 g/mol. The zero-order chi connectivity index (χ0) is 24.3. The summed E-state index contributed by atoms with van der Waals surface area (Å²) in [6, 6.07) is 13.8. The Morgan fingerprint density at radius 3 is 1.94 bits per heavy atom. The van der Waals surface area contributed by atoms with Crippen LogP contribution in [0.1, 0.15) is 16.7 Å². The van der Waals surface area contributed by atoms with E-state index in [9.17, 15) is 0 Å². The van der Waals surface area contributed by atoms with Gasteiger partial charge in [0.2, 0.25) is 0 Å². The fraction of sp³-hybridized carbons (Fsp3) is 0.130. The zero-order valence-corrected chi connectivity index (χ0v) is 24.5. The number of nitrogens with zero attached hydrogens (tertiary/aromatic N) is 2. The van der Waals surface area contributed by atoms with Crippen molar-refractivity contribution in [1.29, 1.82) is 0 Å². The van der Waals surface area contributed by atoms with Gasteiger partial charge in [0, 0.05) is 19.1 Å². The highest BCUT2D eigenvalue weighted by molar-refractivity contribution is 9.11. The van der Waals surface area contributed by atoms with Gasteiger partial charge < -0.3 is 17.2 Å². The van der Waals surface area contributed by atoms with Crippen molar-refractivity contribution in [2.45, 2.75) is 20.8 Å². The van der Waals surface area contributed by atoms with Crippen LogP contribution in [0.2, 0.25) is 0 Å². The van der Waals surface area contributed by atoms with Crippen LogP contribution in [-0.2, 0) is 0 Å². The summed E-state index contributed by atoms with van der Waals surface area (Å²) in [6.07, 6.45) is 0. The van der Waals surface area contributed by atoms with Crippen LogP contribution >= 0.6 is 70.5 Å². The molecule has 10 heteroatoms. The van der Waals surface area contributed by atoms with E-state index in [0.717, 1.165) is 34.8 Å². The summed E-state index contributed by atoms with van der Waals surface area (Å²) in [5, 5.41) is 1.26. The molecule has 3 aromatic carbocycles. The average molecular weight is 672 g/mol. The van der Waals surface area contributed by atoms with Gasteiger partial charge in [0.15, 0.2) is 10.3 Å². The molecule has 33 heavy (non-hydrogen) atoms. The highest BCUT2D eigenvalue weighted by atomic mass is 79.9. The lowest BCUT2D eigenvalue weighted by Crippen LogP contribution is -1.84. The maximum absolute atomic E-state index is 5.60. The second kappa shape index (κ2) is 11.1. The molecule has 2 aromatic heterocycles. The number of anilines is 3. The molecule has 0 bridgehead atoms. The van der Waals surface area contributed by atoms with Crippen LogP contribution in [0, 0.1) is 20.8 Å². The van der Waals surface area contributed by atoms with E-state index in [1.807, 2.05) is 50.2 Å². The molecule has 5 rings (SSSR count). The third-order valence-electron chi connectivity index (χ3n) is 4.62. The van der Waals surface area contributed by atoms with Gasteiger partial charge in [-0.25, -0.2) is 9.97 Å². The third-order valence-corrected chi connectivity index (χ3v) is 9.09. The molecule has 0 aliphatic rings. The van der Waals surface area contributed by atoms with Crippen molar-refractivity contribution in [1.82, 2.24) is 9.97 Å². The third kappa shape index (κ3) is 6.66. The van der Waals surface area contributed by atoms with E-state index in [-0.39, 0.29) is 0 Å². The molecule has 0 aliphatic carbocycles. The smallest absolute Gasteiger partial charge is 0.181 e. The number of benzene rings is 3. The SMILES string of the molecule is Cc1c(Br)ccc2nc(N)sc12.Cc1cc(N)ccc1Br.Cc1cc2nc(N)sc2cc1Br. The molecule has 6 N–H and O–H groups in total. The van der Waals surface area contributed by atoms with Crippen molar-refractivity contribution in [2.24, 2.45) is 0 Å². The van der Waals surface area contributed by atoms with Crippen LogP contribution in [0.15, 0.2) is 55.9 Å². The van der Waals surface area contributed by atoms with Gasteiger partial charge in [0.25, 0.3) is 0 Å². The molecule has 2 heterocycles. The van der Waals surface area contributed by atoms with Crippen LogP contribution in [0.25, 0.3) is 20.4 Å². The minimum atomic E-state index is 0.627. The summed E-state index contributed by atoms with van der Waals surface area (Å²) in [4.78, 5) is 8.38. The molecule has 0 saturated carbocycles. The molecule has 5 aromatic rings. The standard InChI is InChI=1S/2C8H7BrN2S.C7H8BrN/c1-4-2-6-7(3-5(4)9)12-8(10)11-6;1-4-5(9)2-3-6-7(4)12-8(10)11-6;1-5-4-6(9)2-3-7(5)8/h2*2-3H,1H3,(H2,10,11);2-4H,9H2,1H3. The largest absolute Gasteiger partial charge is 0.399 e. The number of rotatable bonds is 0. The summed E-state index contributed by atoms with van der Waals surface area (Å²) in [5.74, 6) is 0. The topological polar surface area (TPSA) is 104 Å². The zero-order valence-electron chi connectivity index (χ0n) is 18.1. The second-order valence-electron chi connectivity index (χ2n) is 7.20. The molecule has 0 amide bonds. The van der Waals surface area contributed by atoms with Crippen LogP contribution in [0.3, 0.4) is 0 Å². The second-order valence-corrected chi connectivity index (χ2v) is 11.9. The number of fused-ring (bicyclic) bond motifs is 2. The normalized spacial score (nSPS) is 10.5. The number of hydrogen-bond donors (Lipinski definition) is 3. The summed E-state index contributed by atoms with van der Waals surface area (Å²) >= 11 is 13.3. The summed E-state index contributed by atoms with van der Waals surface area (Å²) in [7, 11) is 0. The molecule has 0 radical (unpaired) electrons. The van der Waals surface area contributed by atoms with Gasteiger partial charge in [0.05, 0.1) is 20.4 Å². The average Bonchev–Trinajstić information content (AvgIpc) is 3.30. The number of nitrogen functional groups attached to an aromatic ring is 3. The van der Waals surface area contributed by atoms with E-state index in [4.69, 9.17) is 17.2 Å². The number of aromatic nitrogens is 2. The maximum atomic E-state index is 5.60. The quantitative estimate of drug-likeness (QED) is 0.144. The van der Waals surface area contributed by atoms with Crippen molar-refractivity contribution in [3.05, 3.63) is 72.6 Å².